The smallest absolute Gasteiger partial charge is 0.0932 e. The van der Waals surface area contributed by atoms with Gasteiger partial charge >= 0.3 is 0 Å². The Hall–Kier alpha value is -1.23. The summed E-state index contributed by atoms with van der Waals surface area (Å²) in [5, 5.41) is 12.7. The minimum Gasteiger partial charge on any atom is -0.393 e. The average Bonchev–Trinajstić information content (AvgIpc) is 2.91. The van der Waals surface area contributed by atoms with E-state index in [2.05, 4.69) is 41.6 Å². The molecule has 2 rings (SSSR count). The zero-order valence-corrected chi connectivity index (χ0v) is 13.6. The second kappa shape index (κ2) is 8.27. The Morgan fingerprint density at radius 1 is 1.24 bits per heavy atom. The minimum atomic E-state index is -0.232. The van der Waals surface area contributed by atoms with Gasteiger partial charge in [-0.15, -0.1) is 11.3 Å². The van der Waals surface area contributed by atoms with Crippen LogP contribution in [-0.2, 0) is 19.4 Å². The number of nitrogens with zero attached hydrogens (tertiary/aromatic N) is 2. The lowest BCUT2D eigenvalue weighted by Gasteiger charge is -2.15. The van der Waals surface area contributed by atoms with E-state index in [0.29, 0.717) is 0 Å². The van der Waals surface area contributed by atoms with Gasteiger partial charge < -0.3 is 10.0 Å². The van der Waals surface area contributed by atoms with Crippen molar-refractivity contribution in [2.24, 2.45) is 0 Å². The summed E-state index contributed by atoms with van der Waals surface area (Å²) >= 11 is 1.75. The molecule has 0 aliphatic heterocycles. The highest BCUT2D eigenvalue weighted by Crippen LogP contribution is 2.14. The van der Waals surface area contributed by atoms with Crippen molar-refractivity contribution < 1.29 is 5.11 Å². The van der Waals surface area contributed by atoms with Crippen LogP contribution in [0.25, 0.3) is 0 Å². The molecule has 1 N–H and O–H groups in total. The molecule has 114 valence electrons. The maximum absolute atomic E-state index is 9.31. The number of aliphatic hydroxyl groups excluding tert-OH is 1. The van der Waals surface area contributed by atoms with Gasteiger partial charge in [0.05, 0.1) is 16.8 Å². The second-order valence-electron chi connectivity index (χ2n) is 5.59. The summed E-state index contributed by atoms with van der Waals surface area (Å²) < 4.78 is 0. The highest BCUT2D eigenvalue weighted by atomic mass is 32.1. The third-order valence-electron chi connectivity index (χ3n) is 3.43. The zero-order valence-electron chi connectivity index (χ0n) is 12.8. The zero-order chi connectivity index (χ0) is 15.1. The van der Waals surface area contributed by atoms with Crippen molar-refractivity contribution in [2.75, 3.05) is 13.6 Å². The van der Waals surface area contributed by atoms with E-state index in [0.717, 1.165) is 38.0 Å². The van der Waals surface area contributed by atoms with E-state index in [9.17, 15) is 5.11 Å². The molecule has 4 heteroatoms. The normalized spacial score (nSPS) is 12.8. The van der Waals surface area contributed by atoms with Gasteiger partial charge in [0.15, 0.2) is 0 Å². The third kappa shape index (κ3) is 5.96. The van der Waals surface area contributed by atoms with Crippen LogP contribution in [0.5, 0.6) is 0 Å². The number of hydrogen-bond acceptors (Lipinski definition) is 4. The van der Waals surface area contributed by atoms with Crippen LogP contribution in [0.2, 0.25) is 0 Å². The molecule has 0 spiro atoms. The molecule has 0 radical (unpaired) electrons. The van der Waals surface area contributed by atoms with Gasteiger partial charge in [0, 0.05) is 24.9 Å². The van der Waals surface area contributed by atoms with Crippen molar-refractivity contribution in [3.05, 3.63) is 52.0 Å². The second-order valence-corrected chi connectivity index (χ2v) is 6.54. The Balaban J connectivity index is 1.78. The van der Waals surface area contributed by atoms with Gasteiger partial charge in [-0.2, -0.15) is 0 Å². The first-order chi connectivity index (χ1) is 10.1. The molecule has 0 saturated carbocycles. The van der Waals surface area contributed by atoms with Crippen molar-refractivity contribution >= 4 is 11.3 Å². The van der Waals surface area contributed by atoms with E-state index >= 15 is 0 Å². The summed E-state index contributed by atoms with van der Waals surface area (Å²) in [6.07, 6.45) is 2.63. The van der Waals surface area contributed by atoms with Crippen molar-refractivity contribution in [2.45, 2.75) is 38.8 Å². The van der Waals surface area contributed by atoms with Crippen LogP contribution in [0.15, 0.2) is 35.7 Å². The van der Waals surface area contributed by atoms with E-state index in [1.54, 1.807) is 11.3 Å². The number of rotatable bonds is 8. The molecule has 21 heavy (non-hydrogen) atoms. The molecule has 1 unspecified atom stereocenters. The van der Waals surface area contributed by atoms with Gasteiger partial charge in [0.2, 0.25) is 0 Å². The Morgan fingerprint density at radius 2 is 2.00 bits per heavy atom. The lowest BCUT2D eigenvalue weighted by molar-refractivity contribution is 0.162. The Bertz CT molecular complexity index is 525. The summed E-state index contributed by atoms with van der Waals surface area (Å²) in [5.41, 5.74) is 2.50. The summed E-state index contributed by atoms with van der Waals surface area (Å²) in [6.45, 7) is 3.58. The average molecular weight is 304 g/mol. The van der Waals surface area contributed by atoms with Crippen molar-refractivity contribution in [3.8, 4) is 0 Å². The molecule has 0 fully saturated rings. The monoisotopic (exact) mass is 304 g/mol. The SMILES string of the molecule is CC(O)CCN(C)Cc1csc(CCc2ccccc2)n1. The Kier molecular flexibility index (Phi) is 6.36. The van der Waals surface area contributed by atoms with Gasteiger partial charge in [-0.1, -0.05) is 30.3 Å². The van der Waals surface area contributed by atoms with Crippen molar-refractivity contribution in [1.29, 1.82) is 0 Å². The van der Waals surface area contributed by atoms with Crippen LogP contribution >= 0.6 is 11.3 Å². The van der Waals surface area contributed by atoms with Gasteiger partial charge in [-0.05, 0) is 32.4 Å². The molecular weight excluding hydrogens is 280 g/mol. The first-order valence-corrected chi connectivity index (χ1v) is 8.35. The highest BCUT2D eigenvalue weighted by Gasteiger charge is 2.07. The van der Waals surface area contributed by atoms with Gasteiger partial charge in [0.25, 0.3) is 0 Å². The standard InChI is InChI=1S/C17H24N2OS/c1-14(20)10-11-19(2)12-16-13-21-17(18-16)9-8-15-6-4-3-5-7-15/h3-7,13-14,20H,8-12H2,1-2H3. The molecular formula is C17H24N2OS. The molecule has 0 aliphatic rings. The molecule has 1 atom stereocenters. The largest absolute Gasteiger partial charge is 0.393 e. The highest BCUT2D eigenvalue weighted by molar-refractivity contribution is 7.09. The van der Waals surface area contributed by atoms with E-state index in [1.807, 2.05) is 13.0 Å². The maximum atomic E-state index is 9.31. The van der Waals surface area contributed by atoms with E-state index in [4.69, 9.17) is 4.98 Å². The fourth-order valence-electron chi connectivity index (χ4n) is 2.20. The van der Waals surface area contributed by atoms with Crippen LogP contribution in [0.3, 0.4) is 0 Å². The summed E-state index contributed by atoms with van der Waals surface area (Å²) in [7, 11) is 2.07. The lowest BCUT2D eigenvalue weighted by atomic mass is 10.1. The molecule has 1 aromatic carbocycles. The molecule has 1 heterocycles. The van der Waals surface area contributed by atoms with Crippen molar-refractivity contribution in [3.63, 3.8) is 0 Å². The predicted octanol–water partition coefficient (Wildman–Crippen LogP) is 3.13. The molecule has 0 saturated heterocycles. The molecule has 0 aliphatic carbocycles. The van der Waals surface area contributed by atoms with E-state index in [1.165, 1.54) is 10.6 Å². The summed E-state index contributed by atoms with van der Waals surface area (Å²) in [4.78, 5) is 6.92. The van der Waals surface area contributed by atoms with E-state index in [-0.39, 0.29) is 6.10 Å². The Morgan fingerprint density at radius 3 is 2.71 bits per heavy atom. The molecule has 1 aromatic heterocycles. The predicted molar refractivity (Wildman–Crippen MR) is 88.6 cm³/mol. The van der Waals surface area contributed by atoms with Crippen LogP contribution in [-0.4, -0.2) is 34.7 Å². The van der Waals surface area contributed by atoms with Crippen LogP contribution in [0, 0.1) is 0 Å². The number of hydrogen-bond donors (Lipinski definition) is 1. The summed E-state index contributed by atoms with van der Waals surface area (Å²) in [5.74, 6) is 0. The summed E-state index contributed by atoms with van der Waals surface area (Å²) in [6, 6.07) is 10.5. The van der Waals surface area contributed by atoms with Crippen LogP contribution < -0.4 is 0 Å². The van der Waals surface area contributed by atoms with Crippen LogP contribution in [0.1, 0.15) is 29.6 Å². The van der Waals surface area contributed by atoms with Crippen molar-refractivity contribution in [1.82, 2.24) is 9.88 Å². The quantitative estimate of drug-likeness (QED) is 0.814. The Labute approximate surface area is 131 Å². The molecule has 3 nitrogen and oxygen atoms in total. The fourth-order valence-corrected chi connectivity index (χ4v) is 2.98. The minimum absolute atomic E-state index is 0.232. The number of aryl methyl sites for hydroxylation is 2. The fraction of sp³-hybridized carbons (Fsp3) is 0.471. The molecule has 0 amide bonds. The first kappa shape index (κ1) is 16.1. The molecule has 0 bridgehead atoms. The number of aromatic nitrogens is 1. The third-order valence-corrected chi connectivity index (χ3v) is 4.39. The lowest BCUT2D eigenvalue weighted by Crippen LogP contribution is -2.22. The van der Waals surface area contributed by atoms with E-state index < -0.39 is 0 Å². The first-order valence-electron chi connectivity index (χ1n) is 7.47. The number of benzene rings is 1. The van der Waals surface area contributed by atoms with Gasteiger partial charge in [-0.3, -0.25) is 0 Å². The number of thiazole rings is 1. The van der Waals surface area contributed by atoms with Crippen LogP contribution in [0.4, 0.5) is 0 Å². The molecule has 2 aromatic rings. The number of aliphatic hydroxyl groups is 1. The topological polar surface area (TPSA) is 36.4 Å². The maximum Gasteiger partial charge on any atom is 0.0932 e. The van der Waals surface area contributed by atoms with Gasteiger partial charge in [-0.25, -0.2) is 4.98 Å². The van der Waals surface area contributed by atoms with Gasteiger partial charge in [0.1, 0.15) is 0 Å².